The molecule has 0 spiro atoms. The number of hydrogen-bond donors (Lipinski definition) is 2. The van der Waals surface area contributed by atoms with E-state index in [0.717, 1.165) is 5.75 Å². The van der Waals surface area contributed by atoms with Gasteiger partial charge in [-0.1, -0.05) is 13.8 Å². The van der Waals surface area contributed by atoms with Crippen LogP contribution in [-0.4, -0.2) is 31.1 Å². The second kappa shape index (κ2) is 6.35. The average Bonchev–Trinajstić information content (AvgIpc) is 2.27. The van der Waals surface area contributed by atoms with Gasteiger partial charge >= 0.3 is 0 Å². The van der Waals surface area contributed by atoms with Crippen molar-refractivity contribution in [3.05, 3.63) is 24.3 Å². The Morgan fingerprint density at radius 2 is 1.75 bits per heavy atom. The molecular weight excluding hydrogens is 206 g/mol. The van der Waals surface area contributed by atoms with E-state index < -0.39 is 6.29 Å². The minimum Gasteiger partial charge on any atom is -0.497 e. The topological polar surface area (TPSA) is 50.7 Å². The van der Waals surface area contributed by atoms with E-state index in [1.165, 1.54) is 0 Å². The quantitative estimate of drug-likeness (QED) is 0.718. The molecule has 0 radical (unpaired) electrons. The summed E-state index contributed by atoms with van der Waals surface area (Å²) >= 11 is 0. The fourth-order valence-corrected chi connectivity index (χ4v) is 1.19. The van der Waals surface area contributed by atoms with Gasteiger partial charge in [0.15, 0.2) is 0 Å². The first-order valence-corrected chi connectivity index (χ1v) is 5.34. The molecular formula is C12H19NO3. The molecule has 2 N–H and O–H groups in total. The molecule has 1 rings (SSSR count). The number of benzene rings is 1. The van der Waals surface area contributed by atoms with Crippen LogP contribution in [0.3, 0.4) is 0 Å². The maximum Gasteiger partial charge on any atom is 0.210 e. The number of aliphatic hydroxyl groups excluding tert-OH is 1. The fraction of sp³-hybridized carbons (Fsp3) is 0.500. The first-order valence-electron chi connectivity index (χ1n) is 5.34. The Kier molecular flexibility index (Phi) is 5.08. The predicted molar refractivity (Wildman–Crippen MR) is 62.8 cm³/mol. The van der Waals surface area contributed by atoms with Gasteiger partial charge in [-0.2, -0.15) is 0 Å². The van der Waals surface area contributed by atoms with Crippen LogP contribution >= 0.6 is 0 Å². The van der Waals surface area contributed by atoms with Crippen molar-refractivity contribution in [2.75, 3.05) is 13.7 Å². The molecule has 1 aromatic rings. The lowest BCUT2D eigenvalue weighted by Gasteiger charge is -2.16. The zero-order chi connectivity index (χ0) is 12.0. The second-order valence-corrected chi connectivity index (χ2v) is 3.81. The molecule has 16 heavy (non-hydrogen) atoms. The number of aliphatic hydroxyl groups is 1. The van der Waals surface area contributed by atoms with E-state index in [-0.39, 0.29) is 0 Å². The van der Waals surface area contributed by atoms with Gasteiger partial charge in [-0.3, -0.25) is 0 Å². The highest BCUT2D eigenvalue weighted by Crippen LogP contribution is 2.17. The lowest BCUT2D eigenvalue weighted by molar-refractivity contribution is -0.0164. The molecule has 1 aromatic carbocycles. The lowest BCUT2D eigenvalue weighted by Crippen LogP contribution is -2.35. The van der Waals surface area contributed by atoms with Crippen molar-refractivity contribution >= 4 is 0 Å². The summed E-state index contributed by atoms with van der Waals surface area (Å²) in [5, 5.41) is 12.7. The maximum atomic E-state index is 9.56. The Hall–Kier alpha value is -1.26. The minimum absolute atomic E-state index is 0.328. The Morgan fingerprint density at radius 3 is 2.25 bits per heavy atom. The SMILES string of the molecule is COc1ccc(O[C@@H](O)CNC(C)C)cc1. The van der Waals surface area contributed by atoms with Crippen molar-refractivity contribution in [3.63, 3.8) is 0 Å². The van der Waals surface area contributed by atoms with Gasteiger partial charge in [0, 0.05) is 6.04 Å². The highest BCUT2D eigenvalue weighted by molar-refractivity contribution is 5.31. The van der Waals surface area contributed by atoms with Crippen molar-refractivity contribution in [2.24, 2.45) is 0 Å². The Bertz CT molecular complexity index is 298. The molecule has 0 fully saturated rings. The average molecular weight is 225 g/mol. The third-order valence-corrected chi connectivity index (χ3v) is 2.03. The summed E-state index contributed by atoms with van der Waals surface area (Å²) < 4.78 is 10.3. The van der Waals surface area contributed by atoms with Crippen molar-refractivity contribution in [3.8, 4) is 11.5 Å². The second-order valence-electron chi connectivity index (χ2n) is 3.81. The van der Waals surface area contributed by atoms with Gasteiger partial charge in [0.05, 0.1) is 13.7 Å². The zero-order valence-corrected chi connectivity index (χ0v) is 9.93. The van der Waals surface area contributed by atoms with Crippen molar-refractivity contribution in [1.29, 1.82) is 0 Å². The summed E-state index contributed by atoms with van der Waals surface area (Å²) in [6, 6.07) is 7.43. The zero-order valence-electron chi connectivity index (χ0n) is 9.93. The van der Waals surface area contributed by atoms with Crippen LogP contribution in [0.25, 0.3) is 0 Å². The molecule has 0 saturated carbocycles. The van der Waals surface area contributed by atoms with Crippen LogP contribution in [0.5, 0.6) is 11.5 Å². The number of rotatable bonds is 6. The summed E-state index contributed by atoms with van der Waals surface area (Å²) in [5.41, 5.74) is 0. The van der Waals surface area contributed by atoms with E-state index >= 15 is 0 Å². The third kappa shape index (κ3) is 4.51. The van der Waals surface area contributed by atoms with Gasteiger partial charge in [-0.15, -0.1) is 0 Å². The summed E-state index contributed by atoms with van der Waals surface area (Å²) in [6.07, 6.45) is -0.837. The first kappa shape index (κ1) is 12.8. The van der Waals surface area contributed by atoms with Crippen molar-refractivity contribution in [1.82, 2.24) is 5.32 Å². The van der Waals surface area contributed by atoms with Gasteiger partial charge in [0.2, 0.25) is 6.29 Å². The smallest absolute Gasteiger partial charge is 0.210 e. The van der Waals surface area contributed by atoms with Gasteiger partial charge in [0.1, 0.15) is 11.5 Å². The number of methoxy groups -OCH3 is 1. The molecule has 0 saturated heterocycles. The first-order chi connectivity index (χ1) is 7.61. The molecule has 0 aromatic heterocycles. The van der Waals surface area contributed by atoms with E-state index in [1.54, 1.807) is 31.4 Å². The van der Waals surface area contributed by atoms with E-state index in [9.17, 15) is 5.11 Å². The highest BCUT2D eigenvalue weighted by atomic mass is 16.6. The van der Waals surface area contributed by atoms with Gasteiger partial charge < -0.3 is 19.9 Å². The highest BCUT2D eigenvalue weighted by Gasteiger charge is 2.06. The van der Waals surface area contributed by atoms with Crippen LogP contribution in [0.4, 0.5) is 0 Å². The third-order valence-electron chi connectivity index (χ3n) is 2.03. The molecule has 0 aliphatic heterocycles. The summed E-state index contributed by atoms with van der Waals surface area (Å²) in [5.74, 6) is 1.39. The van der Waals surface area contributed by atoms with Crippen LogP contribution in [0, 0.1) is 0 Å². The van der Waals surface area contributed by atoms with E-state index in [2.05, 4.69) is 5.32 Å². The minimum atomic E-state index is -0.837. The molecule has 0 amide bonds. The lowest BCUT2D eigenvalue weighted by atomic mass is 10.3. The van der Waals surface area contributed by atoms with Crippen LogP contribution in [0.2, 0.25) is 0 Å². The van der Waals surface area contributed by atoms with E-state index in [4.69, 9.17) is 9.47 Å². The monoisotopic (exact) mass is 225 g/mol. The molecule has 0 heterocycles. The molecule has 0 aliphatic rings. The van der Waals surface area contributed by atoms with Crippen molar-refractivity contribution in [2.45, 2.75) is 26.2 Å². The van der Waals surface area contributed by atoms with Gasteiger partial charge in [-0.25, -0.2) is 0 Å². The Balaban J connectivity index is 2.40. The van der Waals surface area contributed by atoms with Gasteiger partial charge in [-0.05, 0) is 24.3 Å². The summed E-state index contributed by atoms with van der Waals surface area (Å²) in [6.45, 7) is 4.43. The van der Waals surface area contributed by atoms with E-state index in [1.807, 2.05) is 13.8 Å². The number of ether oxygens (including phenoxy) is 2. The largest absolute Gasteiger partial charge is 0.497 e. The van der Waals surface area contributed by atoms with Gasteiger partial charge in [0.25, 0.3) is 0 Å². The molecule has 4 nitrogen and oxygen atoms in total. The Morgan fingerprint density at radius 1 is 1.19 bits per heavy atom. The molecule has 0 aliphatic carbocycles. The fourth-order valence-electron chi connectivity index (χ4n) is 1.19. The predicted octanol–water partition coefficient (Wildman–Crippen LogP) is 1.39. The van der Waals surface area contributed by atoms with Crippen LogP contribution in [0.1, 0.15) is 13.8 Å². The van der Waals surface area contributed by atoms with Crippen molar-refractivity contribution < 1.29 is 14.6 Å². The normalized spacial score (nSPS) is 12.6. The van der Waals surface area contributed by atoms with Crippen LogP contribution in [-0.2, 0) is 0 Å². The molecule has 1 atom stereocenters. The molecule has 0 bridgehead atoms. The number of hydrogen-bond acceptors (Lipinski definition) is 4. The standard InChI is InChI=1S/C12H19NO3/c1-9(2)13-8-12(14)16-11-6-4-10(15-3)5-7-11/h4-7,9,12-14H,8H2,1-3H3/t12-/m1/s1. The summed E-state index contributed by atoms with van der Waals surface area (Å²) in [7, 11) is 1.61. The van der Waals surface area contributed by atoms with Crippen LogP contribution < -0.4 is 14.8 Å². The molecule has 90 valence electrons. The summed E-state index contributed by atoms with van der Waals surface area (Å²) in [4.78, 5) is 0. The molecule has 4 heteroatoms. The van der Waals surface area contributed by atoms with E-state index in [0.29, 0.717) is 18.3 Å². The number of nitrogens with one attached hydrogen (secondary N) is 1. The molecule has 0 unspecified atom stereocenters. The maximum absolute atomic E-state index is 9.56. The van der Waals surface area contributed by atoms with Crippen LogP contribution in [0.15, 0.2) is 24.3 Å². The Labute approximate surface area is 96.2 Å².